The predicted molar refractivity (Wildman–Crippen MR) is 87.0 cm³/mol. The number of para-hydroxylation sites is 1. The van der Waals surface area contributed by atoms with Crippen LogP contribution in [-0.4, -0.2) is 16.8 Å². The Kier molecular flexibility index (Phi) is 3.53. The lowest BCUT2D eigenvalue weighted by Crippen LogP contribution is -2.35. The van der Waals surface area contributed by atoms with Crippen LogP contribution in [0, 0.1) is 0 Å². The molecule has 0 unspecified atom stereocenters. The van der Waals surface area contributed by atoms with E-state index in [0.717, 1.165) is 21.2 Å². The zero-order chi connectivity index (χ0) is 15.9. The number of carbonyl (C=O) groups is 1. The fraction of sp³-hybridized carbons (Fsp3) is 0.235. The van der Waals surface area contributed by atoms with Crippen molar-refractivity contribution in [1.82, 2.24) is 0 Å². The summed E-state index contributed by atoms with van der Waals surface area (Å²) in [6.45, 7) is 5.52. The molecule has 1 aliphatic heterocycles. The molecule has 1 heterocycles. The van der Waals surface area contributed by atoms with Gasteiger partial charge >= 0.3 is 6.09 Å². The molecule has 0 aliphatic carbocycles. The van der Waals surface area contributed by atoms with Crippen molar-refractivity contribution < 1.29 is 14.6 Å². The number of rotatable bonds is 0. The summed E-state index contributed by atoms with van der Waals surface area (Å²) in [5.41, 5.74) is 0.934. The minimum Gasteiger partial charge on any atom is -0.508 e. The second kappa shape index (κ2) is 5.25. The van der Waals surface area contributed by atoms with Gasteiger partial charge in [-0.15, -0.1) is 0 Å². The van der Waals surface area contributed by atoms with Crippen molar-refractivity contribution in [2.45, 2.75) is 36.2 Å². The lowest BCUT2D eigenvalue weighted by atomic mass is 10.2. The molecular weight excluding hydrogens is 298 g/mol. The Morgan fingerprint density at radius 3 is 2.50 bits per heavy atom. The van der Waals surface area contributed by atoms with E-state index in [9.17, 15) is 9.90 Å². The number of hydrogen-bond acceptors (Lipinski definition) is 4. The van der Waals surface area contributed by atoms with Gasteiger partial charge in [0.15, 0.2) is 0 Å². The van der Waals surface area contributed by atoms with Gasteiger partial charge < -0.3 is 9.84 Å². The van der Waals surface area contributed by atoms with Crippen LogP contribution in [0.4, 0.5) is 16.2 Å². The summed E-state index contributed by atoms with van der Waals surface area (Å²) in [6, 6.07) is 12.6. The lowest BCUT2D eigenvalue weighted by molar-refractivity contribution is 0.0597. The third-order valence-corrected chi connectivity index (χ3v) is 4.20. The van der Waals surface area contributed by atoms with Gasteiger partial charge in [0.1, 0.15) is 11.4 Å². The molecule has 114 valence electrons. The Balaban J connectivity index is 2.10. The monoisotopic (exact) mass is 315 g/mol. The molecule has 0 saturated carbocycles. The maximum absolute atomic E-state index is 12.7. The minimum atomic E-state index is -0.576. The fourth-order valence-corrected chi connectivity index (χ4v) is 3.34. The van der Waals surface area contributed by atoms with Crippen LogP contribution in [0.2, 0.25) is 0 Å². The summed E-state index contributed by atoms with van der Waals surface area (Å²) in [4.78, 5) is 16.0. The van der Waals surface area contributed by atoms with Crippen LogP contribution >= 0.6 is 11.8 Å². The normalized spacial score (nSPS) is 13.3. The van der Waals surface area contributed by atoms with Gasteiger partial charge in [0.05, 0.1) is 11.4 Å². The van der Waals surface area contributed by atoms with E-state index >= 15 is 0 Å². The van der Waals surface area contributed by atoms with Crippen LogP contribution < -0.4 is 4.90 Å². The van der Waals surface area contributed by atoms with E-state index in [0.29, 0.717) is 0 Å². The molecule has 22 heavy (non-hydrogen) atoms. The molecule has 0 fully saturated rings. The van der Waals surface area contributed by atoms with Crippen LogP contribution in [0.5, 0.6) is 5.75 Å². The molecular formula is C17H17NO3S. The number of fused-ring (bicyclic) bond motifs is 2. The SMILES string of the molecule is CC(C)(C)OC(=O)N1c2ccccc2Sc2cc(O)ccc21. The van der Waals surface area contributed by atoms with E-state index in [1.165, 1.54) is 11.8 Å². The lowest BCUT2D eigenvalue weighted by Gasteiger charge is -2.32. The van der Waals surface area contributed by atoms with Crippen molar-refractivity contribution in [3.05, 3.63) is 42.5 Å². The number of benzene rings is 2. The molecule has 1 N–H and O–H groups in total. The summed E-state index contributed by atoms with van der Waals surface area (Å²) in [7, 11) is 0. The van der Waals surface area contributed by atoms with E-state index in [4.69, 9.17) is 4.74 Å². The second-order valence-electron chi connectivity index (χ2n) is 6.04. The summed E-state index contributed by atoms with van der Waals surface area (Å²) >= 11 is 1.53. The highest BCUT2D eigenvalue weighted by molar-refractivity contribution is 7.99. The van der Waals surface area contributed by atoms with Crippen LogP contribution in [0.15, 0.2) is 52.3 Å². The van der Waals surface area contributed by atoms with Gasteiger partial charge in [-0.25, -0.2) is 9.69 Å². The molecule has 4 nitrogen and oxygen atoms in total. The Bertz CT molecular complexity index is 737. The highest BCUT2D eigenvalue weighted by Crippen LogP contribution is 2.49. The quantitative estimate of drug-likeness (QED) is 0.749. The molecule has 0 spiro atoms. The van der Waals surface area contributed by atoms with Crippen molar-refractivity contribution in [2.24, 2.45) is 0 Å². The van der Waals surface area contributed by atoms with Crippen molar-refractivity contribution in [3.8, 4) is 5.75 Å². The van der Waals surface area contributed by atoms with Gasteiger partial charge in [0, 0.05) is 9.79 Å². The van der Waals surface area contributed by atoms with Crippen molar-refractivity contribution >= 4 is 29.2 Å². The van der Waals surface area contributed by atoms with E-state index in [1.54, 1.807) is 23.1 Å². The average Bonchev–Trinajstić information content (AvgIpc) is 2.42. The molecule has 1 amide bonds. The van der Waals surface area contributed by atoms with E-state index in [1.807, 2.05) is 45.0 Å². The number of anilines is 2. The van der Waals surface area contributed by atoms with Gasteiger partial charge in [0.25, 0.3) is 0 Å². The second-order valence-corrected chi connectivity index (χ2v) is 7.12. The molecule has 0 aromatic heterocycles. The first-order chi connectivity index (χ1) is 10.3. The Labute approximate surface area is 133 Å². The largest absolute Gasteiger partial charge is 0.508 e. The number of carbonyl (C=O) groups excluding carboxylic acids is 1. The van der Waals surface area contributed by atoms with Gasteiger partial charge in [-0.1, -0.05) is 23.9 Å². The topological polar surface area (TPSA) is 49.8 Å². The van der Waals surface area contributed by atoms with Crippen LogP contribution in [0.25, 0.3) is 0 Å². The van der Waals surface area contributed by atoms with E-state index in [2.05, 4.69) is 0 Å². The molecule has 2 aromatic rings. The zero-order valence-corrected chi connectivity index (χ0v) is 13.5. The first-order valence-electron chi connectivity index (χ1n) is 6.98. The van der Waals surface area contributed by atoms with Crippen molar-refractivity contribution in [3.63, 3.8) is 0 Å². The number of hydrogen-bond donors (Lipinski definition) is 1. The summed E-state index contributed by atoms with van der Waals surface area (Å²) in [5.74, 6) is 0.176. The molecule has 1 aliphatic rings. The highest BCUT2D eigenvalue weighted by atomic mass is 32.2. The molecule has 0 atom stereocenters. The zero-order valence-electron chi connectivity index (χ0n) is 12.7. The molecule has 0 bridgehead atoms. The summed E-state index contributed by atoms with van der Waals surface area (Å²) < 4.78 is 5.54. The van der Waals surface area contributed by atoms with Gasteiger partial charge in [-0.05, 0) is 51.1 Å². The maximum Gasteiger partial charge on any atom is 0.419 e. The van der Waals surface area contributed by atoms with Crippen LogP contribution in [0.3, 0.4) is 0 Å². The molecule has 2 aromatic carbocycles. The predicted octanol–water partition coefficient (Wildman–Crippen LogP) is 4.93. The molecule has 5 heteroatoms. The number of ether oxygens (including phenoxy) is 1. The standard InChI is InChI=1S/C17H17NO3S/c1-17(2,3)21-16(20)18-12-6-4-5-7-14(12)22-15-10-11(19)8-9-13(15)18/h4-10,19H,1-3H3. The van der Waals surface area contributed by atoms with Crippen molar-refractivity contribution in [1.29, 1.82) is 0 Å². The number of phenolic OH excluding ortho intramolecular Hbond substituents is 1. The van der Waals surface area contributed by atoms with Gasteiger partial charge in [-0.2, -0.15) is 0 Å². The van der Waals surface area contributed by atoms with Gasteiger partial charge in [-0.3, -0.25) is 0 Å². The Morgan fingerprint density at radius 2 is 1.77 bits per heavy atom. The smallest absolute Gasteiger partial charge is 0.419 e. The Hall–Kier alpha value is -2.14. The van der Waals surface area contributed by atoms with Gasteiger partial charge in [0.2, 0.25) is 0 Å². The average molecular weight is 315 g/mol. The first-order valence-corrected chi connectivity index (χ1v) is 7.80. The minimum absolute atomic E-state index is 0.176. The summed E-state index contributed by atoms with van der Waals surface area (Å²) in [6.07, 6.45) is -0.424. The first kappa shape index (κ1) is 14.8. The number of amides is 1. The maximum atomic E-state index is 12.7. The van der Waals surface area contributed by atoms with Crippen molar-refractivity contribution in [2.75, 3.05) is 4.90 Å². The van der Waals surface area contributed by atoms with Crippen LogP contribution in [-0.2, 0) is 4.74 Å². The Morgan fingerprint density at radius 1 is 1.09 bits per heavy atom. The highest BCUT2D eigenvalue weighted by Gasteiger charge is 2.31. The number of nitrogens with zero attached hydrogens (tertiary/aromatic N) is 1. The number of aromatic hydroxyl groups is 1. The molecule has 0 radical (unpaired) electrons. The fourth-order valence-electron chi connectivity index (χ4n) is 2.25. The van der Waals surface area contributed by atoms with E-state index < -0.39 is 11.7 Å². The summed E-state index contributed by atoms with van der Waals surface area (Å²) in [5, 5.41) is 9.70. The molecule has 3 rings (SSSR count). The third-order valence-electron chi connectivity index (χ3n) is 3.09. The number of phenols is 1. The molecule has 0 saturated heterocycles. The van der Waals surface area contributed by atoms with E-state index in [-0.39, 0.29) is 5.75 Å². The van der Waals surface area contributed by atoms with Crippen LogP contribution in [0.1, 0.15) is 20.8 Å². The third kappa shape index (κ3) is 2.76.